The summed E-state index contributed by atoms with van der Waals surface area (Å²) in [6, 6.07) is 27.5. The molecule has 10 nitrogen and oxygen atoms in total. The van der Waals surface area contributed by atoms with Crippen LogP contribution in [0.4, 0.5) is 5.69 Å². The highest BCUT2D eigenvalue weighted by Gasteiger charge is 2.33. The quantitative estimate of drug-likeness (QED) is 0.226. The Labute approximate surface area is 247 Å². The maximum atomic E-state index is 14.1. The van der Waals surface area contributed by atoms with E-state index in [1.807, 2.05) is 84.9 Å². The number of H-pyrrole nitrogens is 1. The van der Waals surface area contributed by atoms with Gasteiger partial charge in [-0.1, -0.05) is 72.8 Å². The molecule has 0 radical (unpaired) electrons. The Morgan fingerprint density at radius 3 is 2.16 bits per heavy atom. The molecule has 6 aromatic rings. The molecular weight excluding hydrogens is 542 g/mol. The van der Waals surface area contributed by atoms with Crippen LogP contribution in [0.1, 0.15) is 27.5 Å². The standard InChI is InChI=1S/C33H29N7O3/c1-40-27(17-18-36-40)31(41)38-30(28(22-9-5-3-6-10-22)23-11-7-4-8-12-23)32(42)37-24-15-13-21(14-16-24)25-19-34-33(43-2)29-26(25)20-35-39-29/h3-20,28,30H,1-2H3,(H,35,39)(H,37,42)(H,38,41)/t30-/m0/s1. The summed E-state index contributed by atoms with van der Waals surface area (Å²) >= 11 is 0. The second-order valence-corrected chi connectivity index (χ2v) is 10.00. The zero-order chi connectivity index (χ0) is 29.8. The molecule has 0 fully saturated rings. The number of aromatic nitrogens is 5. The largest absolute Gasteiger partial charge is 0.479 e. The average Bonchev–Trinajstić information content (AvgIpc) is 3.71. The number of aromatic amines is 1. The summed E-state index contributed by atoms with van der Waals surface area (Å²) in [6.07, 6.45) is 5.01. The highest BCUT2D eigenvalue weighted by atomic mass is 16.5. The Morgan fingerprint density at radius 1 is 0.884 bits per heavy atom. The number of hydrogen-bond donors (Lipinski definition) is 3. The van der Waals surface area contributed by atoms with Gasteiger partial charge in [0.25, 0.3) is 5.91 Å². The van der Waals surface area contributed by atoms with E-state index in [0.29, 0.717) is 22.8 Å². The molecule has 6 rings (SSSR count). The maximum Gasteiger partial charge on any atom is 0.270 e. The number of ether oxygens (including phenoxy) is 1. The van der Waals surface area contributed by atoms with E-state index in [-0.39, 0.29) is 5.91 Å². The minimum Gasteiger partial charge on any atom is -0.479 e. The second kappa shape index (κ2) is 12.0. The van der Waals surface area contributed by atoms with Gasteiger partial charge in [-0.3, -0.25) is 19.4 Å². The molecule has 43 heavy (non-hydrogen) atoms. The Balaban J connectivity index is 1.33. The van der Waals surface area contributed by atoms with Crippen LogP contribution in [-0.2, 0) is 11.8 Å². The van der Waals surface area contributed by atoms with Gasteiger partial charge in [0.05, 0.1) is 13.3 Å². The van der Waals surface area contributed by atoms with Crippen LogP contribution in [0.3, 0.4) is 0 Å². The lowest BCUT2D eigenvalue weighted by Crippen LogP contribution is -2.48. The summed E-state index contributed by atoms with van der Waals surface area (Å²) in [6.45, 7) is 0. The minimum atomic E-state index is -0.941. The summed E-state index contributed by atoms with van der Waals surface area (Å²) in [4.78, 5) is 31.9. The Hall–Kier alpha value is -5.77. The molecule has 3 N–H and O–H groups in total. The van der Waals surface area contributed by atoms with Crippen LogP contribution in [0, 0.1) is 0 Å². The first-order valence-corrected chi connectivity index (χ1v) is 13.7. The summed E-state index contributed by atoms with van der Waals surface area (Å²) in [7, 11) is 3.25. The topological polar surface area (TPSA) is 127 Å². The van der Waals surface area contributed by atoms with E-state index in [1.54, 1.807) is 38.8 Å². The molecule has 0 spiro atoms. The van der Waals surface area contributed by atoms with Crippen LogP contribution in [0.5, 0.6) is 5.88 Å². The Bertz CT molecular complexity index is 1830. The molecule has 1 atom stereocenters. The SMILES string of the molecule is COc1ncc(-c2ccc(NC(=O)[C@@H](NC(=O)c3ccnn3C)C(c3ccccc3)c3ccccc3)cc2)c2cn[nH]c12. The fraction of sp³-hybridized carbons (Fsp3) is 0.121. The van der Waals surface area contributed by atoms with Crippen molar-refractivity contribution in [2.75, 3.05) is 12.4 Å². The maximum absolute atomic E-state index is 14.1. The number of benzene rings is 3. The number of amides is 2. The molecule has 0 bridgehead atoms. The first-order chi connectivity index (χ1) is 21.0. The molecule has 214 valence electrons. The molecule has 10 heteroatoms. The van der Waals surface area contributed by atoms with Crippen molar-refractivity contribution in [2.45, 2.75) is 12.0 Å². The number of rotatable bonds is 9. The first kappa shape index (κ1) is 27.4. The molecule has 0 aliphatic rings. The molecule has 0 aliphatic heterocycles. The molecule has 0 aliphatic carbocycles. The van der Waals surface area contributed by atoms with Gasteiger partial charge >= 0.3 is 0 Å². The average molecular weight is 572 g/mol. The van der Waals surface area contributed by atoms with Crippen LogP contribution in [0.15, 0.2) is 110 Å². The van der Waals surface area contributed by atoms with Gasteiger partial charge in [0, 0.05) is 42.0 Å². The van der Waals surface area contributed by atoms with Gasteiger partial charge in [-0.25, -0.2) is 4.98 Å². The van der Waals surface area contributed by atoms with Crippen LogP contribution < -0.4 is 15.4 Å². The van der Waals surface area contributed by atoms with Crippen molar-refractivity contribution in [1.29, 1.82) is 0 Å². The lowest BCUT2D eigenvalue weighted by molar-refractivity contribution is -0.118. The first-order valence-electron chi connectivity index (χ1n) is 13.7. The van der Waals surface area contributed by atoms with Crippen LogP contribution in [0.2, 0.25) is 0 Å². The van der Waals surface area contributed by atoms with Crippen molar-refractivity contribution in [3.8, 4) is 17.0 Å². The number of fused-ring (bicyclic) bond motifs is 1. The molecule has 3 aromatic heterocycles. The van der Waals surface area contributed by atoms with Gasteiger partial charge in [0.2, 0.25) is 11.8 Å². The van der Waals surface area contributed by atoms with Crippen molar-refractivity contribution in [3.05, 3.63) is 126 Å². The van der Waals surface area contributed by atoms with Gasteiger partial charge in [-0.2, -0.15) is 10.2 Å². The third kappa shape index (κ3) is 5.58. The van der Waals surface area contributed by atoms with E-state index < -0.39 is 17.9 Å². The fourth-order valence-electron chi connectivity index (χ4n) is 5.26. The second-order valence-electron chi connectivity index (χ2n) is 10.00. The van der Waals surface area contributed by atoms with Gasteiger partial charge in [0.1, 0.15) is 17.3 Å². The van der Waals surface area contributed by atoms with Gasteiger partial charge in [-0.05, 0) is 34.9 Å². The number of aryl methyl sites for hydroxylation is 1. The van der Waals surface area contributed by atoms with E-state index >= 15 is 0 Å². The highest BCUT2D eigenvalue weighted by Crippen LogP contribution is 2.32. The molecular formula is C33H29N7O3. The number of pyridine rings is 1. The van der Waals surface area contributed by atoms with Gasteiger partial charge < -0.3 is 15.4 Å². The van der Waals surface area contributed by atoms with Crippen molar-refractivity contribution < 1.29 is 14.3 Å². The molecule has 3 aromatic carbocycles. The predicted molar refractivity (Wildman–Crippen MR) is 164 cm³/mol. The third-order valence-electron chi connectivity index (χ3n) is 7.38. The number of methoxy groups -OCH3 is 1. The van der Waals surface area contributed by atoms with Crippen LogP contribution in [-0.4, -0.2) is 49.9 Å². The normalized spacial score (nSPS) is 11.8. The smallest absolute Gasteiger partial charge is 0.270 e. The number of nitrogens with one attached hydrogen (secondary N) is 3. The summed E-state index contributed by atoms with van der Waals surface area (Å²) < 4.78 is 6.82. The summed E-state index contributed by atoms with van der Waals surface area (Å²) in [5.41, 5.74) is 5.19. The fourth-order valence-corrected chi connectivity index (χ4v) is 5.26. The summed E-state index contributed by atoms with van der Waals surface area (Å²) in [5.74, 6) is -0.753. The number of nitrogens with zero attached hydrogens (tertiary/aromatic N) is 4. The van der Waals surface area contributed by atoms with Gasteiger partial charge in [-0.15, -0.1) is 0 Å². The molecule has 0 saturated carbocycles. The lowest BCUT2D eigenvalue weighted by atomic mass is 9.84. The van der Waals surface area contributed by atoms with Gasteiger partial charge in [0.15, 0.2) is 0 Å². The van der Waals surface area contributed by atoms with Crippen LogP contribution in [0.25, 0.3) is 22.0 Å². The number of anilines is 1. The van der Waals surface area contributed by atoms with E-state index in [1.165, 1.54) is 4.68 Å². The number of carbonyl (C=O) groups excluding carboxylic acids is 2. The van der Waals surface area contributed by atoms with Crippen molar-refractivity contribution in [2.24, 2.45) is 7.05 Å². The molecule has 0 unspecified atom stereocenters. The molecule has 2 amide bonds. The number of hydrogen-bond acceptors (Lipinski definition) is 6. The van der Waals surface area contributed by atoms with E-state index in [9.17, 15) is 9.59 Å². The molecule has 3 heterocycles. The third-order valence-corrected chi connectivity index (χ3v) is 7.38. The van der Waals surface area contributed by atoms with Crippen molar-refractivity contribution in [3.63, 3.8) is 0 Å². The Kier molecular flexibility index (Phi) is 7.64. The zero-order valence-corrected chi connectivity index (χ0v) is 23.6. The van der Waals surface area contributed by atoms with E-state index in [2.05, 4.69) is 30.9 Å². The zero-order valence-electron chi connectivity index (χ0n) is 23.6. The van der Waals surface area contributed by atoms with E-state index in [0.717, 1.165) is 27.6 Å². The Morgan fingerprint density at radius 2 is 1.56 bits per heavy atom. The minimum absolute atomic E-state index is 0.348. The van der Waals surface area contributed by atoms with Crippen molar-refractivity contribution >= 4 is 28.4 Å². The predicted octanol–water partition coefficient (Wildman–Crippen LogP) is 4.94. The molecule has 0 saturated heterocycles. The lowest BCUT2D eigenvalue weighted by Gasteiger charge is -2.28. The monoisotopic (exact) mass is 571 g/mol. The van der Waals surface area contributed by atoms with E-state index in [4.69, 9.17) is 4.74 Å². The van der Waals surface area contributed by atoms with Crippen molar-refractivity contribution in [1.82, 2.24) is 30.3 Å². The number of carbonyl (C=O) groups is 2. The van der Waals surface area contributed by atoms with Crippen LogP contribution >= 0.6 is 0 Å². The summed E-state index contributed by atoms with van der Waals surface area (Å²) in [5, 5.41) is 18.1. The highest BCUT2D eigenvalue weighted by molar-refractivity contribution is 6.02.